The Bertz CT molecular complexity index is 2570. The SMILES string of the molecule is N#Cc1ccc(-c2nc(-c3cccc(-c4cccc(-c5ccccc5C5(c6ccccc6)CCCCC5)c4)c3)c3oc4ccccc4c3n2)cc1. The van der Waals surface area contributed by atoms with Crippen molar-refractivity contribution in [1.29, 1.82) is 5.26 Å². The lowest BCUT2D eigenvalue weighted by Gasteiger charge is -2.40. The Kier molecular flexibility index (Phi) is 7.75. The van der Waals surface area contributed by atoms with Crippen LogP contribution in [0.2, 0.25) is 0 Å². The average molecular weight is 658 g/mol. The van der Waals surface area contributed by atoms with Gasteiger partial charge in [0, 0.05) is 21.9 Å². The Morgan fingerprint density at radius 1 is 0.569 bits per heavy atom. The number of hydrogen-bond donors (Lipinski definition) is 0. The number of nitrogens with zero attached hydrogens (tertiary/aromatic N) is 3. The van der Waals surface area contributed by atoms with Gasteiger partial charge in [-0.05, 0) is 94.8 Å². The van der Waals surface area contributed by atoms with Gasteiger partial charge < -0.3 is 4.42 Å². The van der Waals surface area contributed by atoms with Crippen LogP contribution >= 0.6 is 0 Å². The summed E-state index contributed by atoms with van der Waals surface area (Å²) in [6.07, 6.45) is 6.10. The second-order valence-electron chi connectivity index (χ2n) is 13.6. The van der Waals surface area contributed by atoms with E-state index in [1.807, 2.05) is 36.4 Å². The molecule has 9 rings (SSSR count). The van der Waals surface area contributed by atoms with Crippen LogP contribution in [0.5, 0.6) is 0 Å². The fraction of sp³-hybridized carbons (Fsp3) is 0.128. The lowest BCUT2D eigenvalue weighted by atomic mass is 9.64. The van der Waals surface area contributed by atoms with E-state index in [1.165, 1.54) is 41.5 Å². The molecule has 2 aromatic heterocycles. The van der Waals surface area contributed by atoms with E-state index < -0.39 is 0 Å². The highest BCUT2D eigenvalue weighted by Gasteiger charge is 2.37. The smallest absolute Gasteiger partial charge is 0.180 e. The summed E-state index contributed by atoms with van der Waals surface area (Å²) in [6, 6.07) is 55.3. The van der Waals surface area contributed by atoms with Gasteiger partial charge in [-0.3, -0.25) is 0 Å². The molecular weight excluding hydrogens is 623 g/mol. The van der Waals surface area contributed by atoms with Gasteiger partial charge in [-0.15, -0.1) is 0 Å². The number of nitriles is 1. The molecule has 51 heavy (non-hydrogen) atoms. The van der Waals surface area contributed by atoms with Crippen LogP contribution < -0.4 is 0 Å². The van der Waals surface area contributed by atoms with Crippen LogP contribution in [0.1, 0.15) is 48.8 Å². The number of furan rings is 1. The Labute approximate surface area is 297 Å². The number of hydrogen-bond acceptors (Lipinski definition) is 4. The quantitative estimate of drug-likeness (QED) is 0.178. The van der Waals surface area contributed by atoms with Gasteiger partial charge in [-0.2, -0.15) is 5.26 Å². The molecule has 244 valence electrons. The molecule has 4 heteroatoms. The summed E-state index contributed by atoms with van der Waals surface area (Å²) >= 11 is 0. The second-order valence-corrected chi connectivity index (χ2v) is 13.6. The van der Waals surface area contributed by atoms with Gasteiger partial charge in [-0.25, -0.2) is 9.97 Å². The highest BCUT2D eigenvalue weighted by molar-refractivity contribution is 6.07. The molecule has 1 fully saturated rings. The van der Waals surface area contributed by atoms with E-state index in [4.69, 9.17) is 14.4 Å². The lowest BCUT2D eigenvalue weighted by molar-refractivity contribution is 0.347. The number of benzene rings is 6. The maximum Gasteiger partial charge on any atom is 0.180 e. The van der Waals surface area contributed by atoms with E-state index >= 15 is 0 Å². The first kappa shape index (κ1) is 30.7. The van der Waals surface area contributed by atoms with Crippen LogP contribution in [0.3, 0.4) is 0 Å². The van der Waals surface area contributed by atoms with Crippen LogP contribution in [-0.2, 0) is 5.41 Å². The van der Waals surface area contributed by atoms with Gasteiger partial charge >= 0.3 is 0 Å². The van der Waals surface area contributed by atoms with Crippen LogP contribution in [-0.4, -0.2) is 9.97 Å². The topological polar surface area (TPSA) is 62.7 Å². The van der Waals surface area contributed by atoms with E-state index in [9.17, 15) is 5.26 Å². The van der Waals surface area contributed by atoms with Crippen LogP contribution in [0.4, 0.5) is 0 Å². The Hall–Kier alpha value is -6.31. The molecule has 0 spiro atoms. The Morgan fingerprint density at radius 3 is 2.02 bits per heavy atom. The standard InChI is InChI=1S/C47H35N3O/c48-31-32-23-25-33(26-24-32)46-49-43(45-44(50-46)40-20-6-8-22-42(40)51-45)37-16-12-14-35(30-37)34-13-11-15-36(29-34)39-19-5-7-21-41(39)47(27-9-2-10-28-47)38-17-3-1-4-18-38/h1,3-8,11-26,29-30H,2,9-10,27-28H2. The van der Waals surface area contributed by atoms with Gasteiger partial charge in [0.25, 0.3) is 0 Å². The Balaban J connectivity index is 1.16. The molecule has 0 unspecified atom stereocenters. The third-order valence-corrected chi connectivity index (χ3v) is 10.6. The maximum atomic E-state index is 9.36. The van der Waals surface area contributed by atoms with Gasteiger partial charge in [-0.1, -0.05) is 122 Å². The van der Waals surface area contributed by atoms with Crippen LogP contribution in [0, 0.1) is 11.3 Å². The number of fused-ring (bicyclic) bond motifs is 3. The summed E-state index contributed by atoms with van der Waals surface area (Å²) in [4.78, 5) is 10.1. The van der Waals surface area contributed by atoms with E-state index in [0.29, 0.717) is 17.0 Å². The fourth-order valence-electron chi connectivity index (χ4n) is 8.10. The molecule has 0 saturated heterocycles. The van der Waals surface area contributed by atoms with E-state index in [-0.39, 0.29) is 5.41 Å². The van der Waals surface area contributed by atoms with Crippen molar-refractivity contribution in [3.8, 4) is 51.0 Å². The van der Waals surface area contributed by atoms with Gasteiger partial charge in [0.2, 0.25) is 0 Å². The van der Waals surface area contributed by atoms with E-state index in [0.717, 1.165) is 57.3 Å². The third-order valence-electron chi connectivity index (χ3n) is 10.6. The van der Waals surface area contributed by atoms with Gasteiger partial charge in [0.05, 0.1) is 11.6 Å². The molecule has 0 bridgehead atoms. The van der Waals surface area contributed by atoms with Crippen molar-refractivity contribution in [2.24, 2.45) is 0 Å². The molecule has 0 amide bonds. The highest BCUT2D eigenvalue weighted by atomic mass is 16.3. The summed E-state index contributed by atoms with van der Waals surface area (Å²) in [5.41, 5.74) is 12.9. The minimum absolute atomic E-state index is 0.00360. The predicted molar refractivity (Wildman–Crippen MR) is 206 cm³/mol. The van der Waals surface area contributed by atoms with Crippen molar-refractivity contribution in [3.05, 3.63) is 168 Å². The molecule has 2 heterocycles. The first-order chi connectivity index (χ1) is 25.2. The van der Waals surface area contributed by atoms with Crippen LogP contribution in [0.15, 0.2) is 156 Å². The molecule has 1 aliphatic carbocycles. The summed E-state index contributed by atoms with van der Waals surface area (Å²) in [6.45, 7) is 0. The lowest BCUT2D eigenvalue weighted by Crippen LogP contribution is -2.31. The fourth-order valence-corrected chi connectivity index (χ4v) is 8.10. The monoisotopic (exact) mass is 657 g/mol. The summed E-state index contributed by atoms with van der Waals surface area (Å²) in [5, 5.41) is 10.3. The second kappa shape index (κ2) is 12.9. The van der Waals surface area contributed by atoms with Crippen molar-refractivity contribution in [2.45, 2.75) is 37.5 Å². The average Bonchev–Trinajstić information content (AvgIpc) is 3.60. The molecule has 0 radical (unpaired) electrons. The molecule has 0 aliphatic heterocycles. The van der Waals surface area contributed by atoms with E-state index in [2.05, 4.69) is 109 Å². The van der Waals surface area contributed by atoms with E-state index in [1.54, 1.807) is 12.1 Å². The number of rotatable bonds is 6. The van der Waals surface area contributed by atoms with Crippen molar-refractivity contribution >= 4 is 22.1 Å². The molecule has 1 aliphatic rings. The normalized spacial score (nSPS) is 14.0. The van der Waals surface area contributed by atoms with Crippen molar-refractivity contribution < 1.29 is 4.42 Å². The summed E-state index contributed by atoms with van der Waals surface area (Å²) < 4.78 is 6.44. The Morgan fingerprint density at radius 2 is 1.24 bits per heavy atom. The maximum absolute atomic E-state index is 9.36. The number of aromatic nitrogens is 2. The zero-order valence-corrected chi connectivity index (χ0v) is 28.2. The first-order valence-electron chi connectivity index (χ1n) is 17.8. The molecule has 8 aromatic rings. The van der Waals surface area contributed by atoms with Gasteiger partial charge in [0.15, 0.2) is 11.4 Å². The molecule has 0 atom stereocenters. The first-order valence-corrected chi connectivity index (χ1v) is 17.8. The largest absolute Gasteiger partial charge is 0.452 e. The molecular formula is C47H35N3O. The summed E-state index contributed by atoms with van der Waals surface area (Å²) in [7, 11) is 0. The minimum Gasteiger partial charge on any atom is -0.452 e. The third kappa shape index (κ3) is 5.48. The molecule has 4 nitrogen and oxygen atoms in total. The van der Waals surface area contributed by atoms with Crippen molar-refractivity contribution in [2.75, 3.05) is 0 Å². The zero-order valence-electron chi connectivity index (χ0n) is 28.2. The highest BCUT2D eigenvalue weighted by Crippen LogP contribution is 2.48. The molecule has 6 aromatic carbocycles. The number of para-hydroxylation sites is 1. The predicted octanol–water partition coefficient (Wildman–Crippen LogP) is 12.2. The minimum atomic E-state index is 0.00360. The van der Waals surface area contributed by atoms with Crippen molar-refractivity contribution in [3.63, 3.8) is 0 Å². The summed E-state index contributed by atoms with van der Waals surface area (Å²) in [5.74, 6) is 0.590. The van der Waals surface area contributed by atoms with Crippen LogP contribution in [0.25, 0.3) is 67.0 Å². The molecule has 1 saturated carbocycles. The molecule has 0 N–H and O–H groups in total. The zero-order chi connectivity index (χ0) is 34.2. The van der Waals surface area contributed by atoms with Crippen molar-refractivity contribution in [1.82, 2.24) is 9.97 Å². The van der Waals surface area contributed by atoms with Gasteiger partial charge in [0.1, 0.15) is 16.8 Å².